The summed E-state index contributed by atoms with van der Waals surface area (Å²) in [5, 5.41) is 0. The van der Waals surface area contributed by atoms with Gasteiger partial charge in [-0.15, -0.1) is 0 Å². The Morgan fingerprint density at radius 3 is 2.35 bits per heavy atom. The van der Waals surface area contributed by atoms with Crippen LogP contribution in [0.4, 0.5) is 0 Å². The average Bonchev–Trinajstić information content (AvgIpc) is 2.24. The molecule has 0 bridgehead atoms. The highest BCUT2D eigenvalue weighted by Gasteiger charge is 1.98. The molecule has 0 rings (SSSR count). The SMILES string of the molecule is CCCC(=O)OCC/C=C(/C)CCC=C(C)C. The maximum absolute atomic E-state index is 11.1. The molecule has 0 aliphatic carbocycles. The minimum atomic E-state index is -0.0805. The van der Waals surface area contributed by atoms with Crippen LogP contribution in [-0.4, -0.2) is 12.6 Å². The molecule has 0 saturated heterocycles. The monoisotopic (exact) mass is 238 g/mol. The van der Waals surface area contributed by atoms with E-state index >= 15 is 0 Å². The van der Waals surface area contributed by atoms with E-state index in [0.29, 0.717) is 13.0 Å². The molecule has 0 amide bonds. The number of esters is 1. The van der Waals surface area contributed by atoms with Gasteiger partial charge in [0.25, 0.3) is 0 Å². The standard InChI is InChI=1S/C15H26O2/c1-5-8-15(16)17-12-7-11-14(4)10-6-9-13(2)3/h9,11H,5-8,10,12H2,1-4H3/b14-11-. The van der Waals surface area contributed by atoms with Gasteiger partial charge in [0, 0.05) is 6.42 Å². The smallest absolute Gasteiger partial charge is 0.305 e. The summed E-state index contributed by atoms with van der Waals surface area (Å²) in [6.45, 7) is 8.86. The highest BCUT2D eigenvalue weighted by atomic mass is 16.5. The van der Waals surface area contributed by atoms with E-state index in [1.165, 1.54) is 11.1 Å². The van der Waals surface area contributed by atoms with Gasteiger partial charge in [-0.25, -0.2) is 0 Å². The van der Waals surface area contributed by atoms with Gasteiger partial charge in [0.2, 0.25) is 0 Å². The molecule has 0 radical (unpaired) electrons. The fourth-order valence-corrected chi connectivity index (χ4v) is 1.44. The van der Waals surface area contributed by atoms with Crippen molar-refractivity contribution in [3.05, 3.63) is 23.3 Å². The molecule has 2 heteroatoms. The molecule has 0 fully saturated rings. The van der Waals surface area contributed by atoms with E-state index in [4.69, 9.17) is 4.74 Å². The quantitative estimate of drug-likeness (QED) is 0.355. The highest BCUT2D eigenvalue weighted by Crippen LogP contribution is 2.07. The van der Waals surface area contributed by atoms with Crippen LogP contribution in [-0.2, 0) is 9.53 Å². The second kappa shape index (κ2) is 10.1. The fraction of sp³-hybridized carbons (Fsp3) is 0.667. The molecule has 0 atom stereocenters. The van der Waals surface area contributed by atoms with Crippen molar-refractivity contribution in [2.45, 2.75) is 59.8 Å². The first-order valence-corrected chi connectivity index (χ1v) is 6.50. The minimum absolute atomic E-state index is 0.0805. The Labute approximate surface area is 106 Å². The van der Waals surface area contributed by atoms with Gasteiger partial charge in [-0.1, -0.05) is 30.2 Å². The molecular formula is C15H26O2. The lowest BCUT2D eigenvalue weighted by Crippen LogP contribution is -2.04. The van der Waals surface area contributed by atoms with Gasteiger partial charge in [0.15, 0.2) is 0 Å². The molecule has 0 aromatic rings. The number of ether oxygens (including phenoxy) is 1. The first-order chi connectivity index (χ1) is 8.06. The van der Waals surface area contributed by atoms with Crippen LogP contribution in [0.2, 0.25) is 0 Å². The minimum Gasteiger partial charge on any atom is -0.465 e. The van der Waals surface area contributed by atoms with E-state index < -0.39 is 0 Å². The number of hydrogen-bond donors (Lipinski definition) is 0. The molecule has 0 saturated carbocycles. The van der Waals surface area contributed by atoms with Crippen LogP contribution in [0.15, 0.2) is 23.3 Å². The van der Waals surface area contributed by atoms with Crippen molar-refractivity contribution in [3.63, 3.8) is 0 Å². The van der Waals surface area contributed by atoms with Crippen molar-refractivity contribution < 1.29 is 9.53 Å². The van der Waals surface area contributed by atoms with Crippen molar-refractivity contribution in [3.8, 4) is 0 Å². The lowest BCUT2D eigenvalue weighted by Gasteiger charge is -2.02. The Morgan fingerprint density at radius 2 is 1.76 bits per heavy atom. The molecule has 2 nitrogen and oxygen atoms in total. The summed E-state index contributed by atoms with van der Waals surface area (Å²) in [4.78, 5) is 11.1. The van der Waals surface area contributed by atoms with Gasteiger partial charge in [-0.2, -0.15) is 0 Å². The first-order valence-electron chi connectivity index (χ1n) is 6.50. The van der Waals surface area contributed by atoms with Gasteiger partial charge < -0.3 is 4.74 Å². The maximum atomic E-state index is 11.1. The van der Waals surface area contributed by atoms with Crippen LogP contribution in [0.25, 0.3) is 0 Å². The summed E-state index contributed by atoms with van der Waals surface area (Å²) < 4.78 is 5.08. The summed E-state index contributed by atoms with van der Waals surface area (Å²) in [7, 11) is 0. The zero-order valence-electron chi connectivity index (χ0n) is 11.7. The zero-order chi connectivity index (χ0) is 13.1. The van der Waals surface area contributed by atoms with Crippen molar-refractivity contribution in [1.82, 2.24) is 0 Å². The predicted molar refractivity (Wildman–Crippen MR) is 72.9 cm³/mol. The number of allylic oxidation sites excluding steroid dienone is 3. The Hall–Kier alpha value is -1.05. The Kier molecular flexibility index (Phi) is 9.50. The molecule has 98 valence electrons. The van der Waals surface area contributed by atoms with E-state index in [1.54, 1.807) is 0 Å². The van der Waals surface area contributed by atoms with Crippen LogP contribution < -0.4 is 0 Å². The van der Waals surface area contributed by atoms with Crippen molar-refractivity contribution in [1.29, 1.82) is 0 Å². The molecule has 0 aromatic heterocycles. The lowest BCUT2D eigenvalue weighted by atomic mass is 10.1. The third kappa shape index (κ3) is 11.2. The molecule has 0 unspecified atom stereocenters. The highest BCUT2D eigenvalue weighted by molar-refractivity contribution is 5.69. The first kappa shape index (κ1) is 16.0. The Morgan fingerprint density at radius 1 is 1.06 bits per heavy atom. The van der Waals surface area contributed by atoms with Gasteiger partial charge in [0.1, 0.15) is 0 Å². The maximum Gasteiger partial charge on any atom is 0.305 e. The Bertz CT molecular complexity index is 271. The van der Waals surface area contributed by atoms with E-state index in [1.807, 2.05) is 6.92 Å². The van der Waals surface area contributed by atoms with E-state index in [9.17, 15) is 4.79 Å². The van der Waals surface area contributed by atoms with Gasteiger partial charge in [-0.3, -0.25) is 4.79 Å². The Balaban J connectivity index is 3.63. The molecular weight excluding hydrogens is 212 g/mol. The molecule has 0 N–H and O–H groups in total. The number of rotatable bonds is 8. The van der Waals surface area contributed by atoms with Crippen LogP contribution in [0, 0.1) is 0 Å². The van der Waals surface area contributed by atoms with Crippen molar-refractivity contribution in [2.24, 2.45) is 0 Å². The van der Waals surface area contributed by atoms with Crippen molar-refractivity contribution in [2.75, 3.05) is 6.61 Å². The van der Waals surface area contributed by atoms with Gasteiger partial charge in [0.05, 0.1) is 6.61 Å². The summed E-state index contributed by atoms with van der Waals surface area (Å²) >= 11 is 0. The third-order valence-corrected chi connectivity index (χ3v) is 2.42. The number of hydrogen-bond acceptors (Lipinski definition) is 2. The van der Waals surface area contributed by atoms with E-state index in [2.05, 4.69) is 32.9 Å². The van der Waals surface area contributed by atoms with E-state index in [-0.39, 0.29) is 5.97 Å². The summed E-state index contributed by atoms with van der Waals surface area (Å²) in [6, 6.07) is 0. The lowest BCUT2D eigenvalue weighted by molar-refractivity contribution is -0.143. The van der Waals surface area contributed by atoms with Gasteiger partial charge >= 0.3 is 5.97 Å². The second-order valence-corrected chi connectivity index (χ2v) is 4.63. The van der Waals surface area contributed by atoms with E-state index in [0.717, 1.165) is 25.7 Å². The number of carbonyl (C=O) groups is 1. The summed E-state index contributed by atoms with van der Waals surface area (Å²) in [6.07, 6.45) is 8.82. The largest absolute Gasteiger partial charge is 0.465 e. The second-order valence-electron chi connectivity index (χ2n) is 4.63. The molecule has 0 spiro atoms. The molecule has 0 aliphatic heterocycles. The third-order valence-electron chi connectivity index (χ3n) is 2.42. The van der Waals surface area contributed by atoms with Crippen LogP contribution in [0.3, 0.4) is 0 Å². The summed E-state index contributed by atoms with van der Waals surface area (Å²) in [5.41, 5.74) is 2.74. The molecule has 0 aliphatic rings. The topological polar surface area (TPSA) is 26.3 Å². The normalized spacial score (nSPS) is 11.2. The van der Waals surface area contributed by atoms with Crippen molar-refractivity contribution >= 4 is 5.97 Å². The predicted octanol–water partition coefficient (Wildman–Crippen LogP) is 4.41. The molecule has 17 heavy (non-hydrogen) atoms. The average molecular weight is 238 g/mol. The molecule has 0 aromatic carbocycles. The summed E-state index contributed by atoms with van der Waals surface area (Å²) in [5.74, 6) is -0.0805. The van der Waals surface area contributed by atoms with Crippen LogP contribution >= 0.6 is 0 Å². The fourth-order valence-electron chi connectivity index (χ4n) is 1.44. The number of carbonyl (C=O) groups excluding carboxylic acids is 1. The van der Waals surface area contributed by atoms with Crippen LogP contribution in [0.5, 0.6) is 0 Å². The zero-order valence-corrected chi connectivity index (χ0v) is 11.7. The van der Waals surface area contributed by atoms with Crippen LogP contribution in [0.1, 0.15) is 59.8 Å². The molecule has 0 heterocycles. The van der Waals surface area contributed by atoms with Gasteiger partial charge in [-0.05, 0) is 46.5 Å².